The molecule has 5 nitrogen and oxygen atoms in total. The average molecular weight is 345 g/mol. The van der Waals surface area contributed by atoms with Gasteiger partial charge in [0.1, 0.15) is 17.3 Å². The number of hydrogen-bond donors (Lipinski definition) is 3. The molecule has 8 heteroatoms. The first-order chi connectivity index (χ1) is 10.8. The van der Waals surface area contributed by atoms with Crippen molar-refractivity contribution in [3.05, 3.63) is 29.3 Å². The third-order valence-corrected chi connectivity index (χ3v) is 3.78. The van der Waals surface area contributed by atoms with Crippen molar-refractivity contribution in [3.63, 3.8) is 0 Å². The van der Waals surface area contributed by atoms with Gasteiger partial charge in [-0.2, -0.15) is 0 Å². The first-order valence-corrected chi connectivity index (χ1v) is 7.87. The fraction of sp³-hybridized carbons (Fsp3) is 0.533. The SMILES string of the molecule is Cc1cc(F)c(N2CCN(C(C)C)CC2)c(F)c1.NNC(N)=S. The van der Waals surface area contributed by atoms with Gasteiger partial charge in [0.15, 0.2) is 5.11 Å². The van der Waals surface area contributed by atoms with Crippen LogP contribution in [0.3, 0.4) is 0 Å². The molecule has 1 aliphatic heterocycles. The third kappa shape index (κ3) is 5.89. The summed E-state index contributed by atoms with van der Waals surface area (Å²) in [7, 11) is 0. The predicted octanol–water partition coefficient (Wildman–Crippen LogP) is 1.50. The molecule has 1 aromatic rings. The minimum Gasteiger partial charge on any atom is -0.375 e. The quantitative estimate of drug-likeness (QED) is 0.429. The molecule has 0 radical (unpaired) electrons. The average Bonchev–Trinajstić information content (AvgIpc) is 2.47. The molecule has 130 valence electrons. The highest BCUT2D eigenvalue weighted by molar-refractivity contribution is 7.80. The van der Waals surface area contributed by atoms with Crippen molar-refractivity contribution in [3.8, 4) is 0 Å². The summed E-state index contributed by atoms with van der Waals surface area (Å²) >= 11 is 4.24. The van der Waals surface area contributed by atoms with Gasteiger partial charge in [0, 0.05) is 32.2 Å². The highest BCUT2D eigenvalue weighted by Gasteiger charge is 2.23. The van der Waals surface area contributed by atoms with E-state index < -0.39 is 11.6 Å². The van der Waals surface area contributed by atoms with Crippen LogP contribution in [0.15, 0.2) is 12.1 Å². The van der Waals surface area contributed by atoms with Crippen molar-refractivity contribution in [2.75, 3.05) is 31.1 Å². The van der Waals surface area contributed by atoms with E-state index in [0.717, 1.165) is 13.1 Å². The van der Waals surface area contributed by atoms with E-state index in [1.807, 2.05) is 10.3 Å². The number of nitrogens with one attached hydrogen (secondary N) is 1. The van der Waals surface area contributed by atoms with Gasteiger partial charge in [-0.25, -0.2) is 14.6 Å². The van der Waals surface area contributed by atoms with Crippen LogP contribution < -0.4 is 21.9 Å². The molecule has 23 heavy (non-hydrogen) atoms. The standard InChI is InChI=1S/C14H20F2N2.CH5N3S/c1-10(2)17-4-6-18(7-5-17)14-12(15)8-11(3)9-13(14)16;2-1(5)4-3/h8-10H,4-7H2,1-3H3;3H2,(H3,2,4,5). The lowest BCUT2D eigenvalue weighted by molar-refractivity contribution is 0.208. The van der Waals surface area contributed by atoms with Crippen molar-refractivity contribution in [1.29, 1.82) is 0 Å². The van der Waals surface area contributed by atoms with Crippen molar-refractivity contribution in [2.24, 2.45) is 11.6 Å². The fourth-order valence-corrected chi connectivity index (χ4v) is 2.46. The monoisotopic (exact) mass is 345 g/mol. The summed E-state index contributed by atoms with van der Waals surface area (Å²) in [6.07, 6.45) is 0. The molecule has 1 aliphatic rings. The molecule has 0 amide bonds. The summed E-state index contributed by atoms with van der Waals surface area (Å²) in [6, 6.07) is 3.28. The first-order valence-electron chi connectivity index (χ1n) is 7.47. The third-order valence-electron chi connectivity index (χ3n) is 3.66. The summed E-state index contributed by atoms with van der Waals surface area (Å²) in [5.41, 5.74) is 7.57. The number of thiocarbonyl (C=S) groups is 1. The molecule has 0 saturated carbocycles. The van der Waals surface area contributed by atoms with Crippen LogP contribution in [-0.2, 0) is 0 Å². The lowest BCUT2D eigenvalue weighted by atomic mass is 10.1. The lowest BCUT2D eigenvalue weighted by Crippen LogP contribution is -2.49. The molecule has 0 aliphatic carbocycles. The molecule has 0 atom stereocenters. The maximum atomic E-state index is 13.9. The molecule has 2 rings (SSSR count). The van der Waals surface area contributed by atoms with E-state index in [9.17, 15) is 8.78 Å². The van der Waals surface area contributed by atoms with Crippen molar-refractivity contribution in [2.45, 2.75) is 26.8 Å². The molecule has 1 saturated heterocycles. The number of hydrazine groups is 1. The van der Waals surface area contributed by atoms with Gasteiger partial charge in [-0.05, 0) is 50.7 Å². The maximum Gasteiger partial charge on any atom is 0.177 e. The Labute approximate surface area is 141 Å². The molecule has 0 bridgehead atoms. The van der Waals surface area contributed by atoms with Gasteiger partial charge >= 0.3 is 0 Å². The van der Waals surface area contributed by atoms with Gasteiger partial charge in [-0.3, -0.25) is 4.90 Å². The minimum absolute atomic E-state index is 0.116. The van der Waals surface area contributed by atoms with Gasteiger partial charge < -0.3 is 16.1 Å². The molecule has 1 fully saturated rings. The molecule has 1 aromatic carbocycles. The van der Waals surface area contributed by atoms with E-state index in [2.05, 4.69) is 36.8 Å². The molecule has 5 N–H and O–H groups in total. The van der Waals surface area contributed by atoms with Crippen LogP contribution in [0.5, 0.6) is 0 Å². The number of anilines is 1. The summed E-state index contributed by atoms with van der Waals surface area (Å²) in [6.45, 7) is 9.04. The Morgan fingerprint density at radius 2 is 1.61 bits per heavy atom. The molecule has 1 heterocycles. The normalized spacial score (nSPS) is 15.2. The molecule has 0 spiro atoms. The summed E-state index contributed by atoms with van der Waals surface area (Å²) in [5, 5.41) is 0.116. The Hall–Kier alpha value is -1.51. The number of aryl methyl sites for hydroxylation is 1. The topological polar surface area (TPSA) is 70.5 Å². The van der Waals surface area contributed by atoms with E-state index in [-0.39, 0.29) is 10.8 Å². The van der Waals surface area contributed by atoms with Crippen LogP contribution in [0.4, 0.5) is 14.5 Å². The Bertz CT molecular complexity index is 508. The van der Waals surface area contributed by atoms with Crippen LogP contribution in [0.1, 0.15) is 19.4 Å². The Balaban J connectivity index is 0.000000463. The highest BCUT2D eigenvalue weighted by atomic mass is 32.1. The van der Waals surface area contributed by atoms with Gasteiger partial charge in [0.2, 0.25) is 0 Å². The zero-order chi connectivity index (χ0) is 17.6. The summed E-state index contributed by atoms with van der Waals surface area (Å²) in [5.74, 6) is 3.75. The maximum absolute atomic E-state index is 13.9. The van der Waals surface area contributed by atoms with Crippen molar-refractivity contribution in [1.82, 2.24) is 10.3 Å². The highest BCUT2D eigenvalue weighted by Crippen LogP contribution is 2.26. The second kappa shape index (κ2) is 8.95. The Kier molecular flexibility index (Phi) is 7.60. The van der Waals surface area contributed by atoms with Crippen LogP contribution in [0, 0.1) is 18.6 Å². The van der Waals surface area contributed by atoms with Crippen molar-refractivity contribution >= 4 is 23.0 Å². The van der Waals surface area contributed by atoms with E-state index in [0.29, 0.717) is 24.7 Å². The summed E-state index contributed by atoms with van der Waals surface area (Å²) in [4.78, 5) is 4.13. The number of hydrogen-bond acceptors (Lipinski definition) is 4. The number of nitrogens with zero attached hydrogens (tertiary/aromatic N) is 2. The van der Waals surface area contributed by atoms with Gasteiger partial charge in [-0.15, -0.1) is 0 Å². The minimum atomic E-state index is -0.453. The van der Waals surface area contributed by atoms with Gasteiger partial charge in [0.25, 0.3) is 0 Å². The number of halogens is 2. The second-order valence-electron chi connectivity index (χ2n) is 5.70. The predicted molar refractivity (Wildman–Crippen MR) is 94.1 cm³/mol. The van der Waals surface area contributed by atoms with Gasteiger partial charge in [-0.1, -0.05) is 0 Å². The number of rotatable bonds is 2. The number of benzene rings is 1. The second-order valence-corrected chi connectivity index (χ2v) is 6.14. The van der Waals surface area contributed by atoms with E-state index in [1.54, 1.807) is 6.92 Å². The van der Waals surface area contributed by atoms with Crippen molar-refractivity contribution < 1.29 is 8.78 Å². The largest absolute Gasteiger partial charge is 0.375 e. The smallest absolute Gasteiger partial charge is 0.177 e. The number of piperazine rings is 1. The van der Waals surface area contributed by atoms with Crippen LogP contribution in [-0.4, -0.2) is 42.2 Å². The Morgan fingerprint density at radius 1 is 1.17 bits per heavy atom. The van der Waals surface area contributed by atoms with E-state index in [4.69, 9.17) is 5.73 Å². The van der Waals surface area contributed by atoms with E-state index >= 15 is 0 Å². The zero-order valence-corrected chi connectivity index (χ0v) is 14.6. The number of nitrogens with two attached hydrogens (primary N) is 2. The van der Waals surface area contributed by atoms with Gasteiger partial charge in [0.05, 0.1) is 0 Å². The van der Waals surface area contributed by atoms with Crippen LogP contribution in [0.25, 0.3) is 0 Å². The summed E-state index contributed by atoms with van der Waals surface area (Å²) < 4.78 is 27.7. The molecular weight excluding hydrogens is 320 g/mol. The fourth-order valence-electron chi connectivity index (χ4n) is 2.46. The first kappa shape index (κ1) is 19.5. The molecule has 0 unspecified atom stereocenters. The molecule has 0 aromatic heterocycles. The van der Waals surface area contributed by atoms with Crippen LogP contribution in [0.2, 0.25) is 0 Å². The van der Waals surface area contributed by atoms with E-state index in [1.165, 1.54) is 12.1 Å². The zero-order valence-electron chi connectivity index (χ0n) is 13.8. The Morgan fingerprint density at radius 3 is 1.96 bits per heavy atom. The lowest BCUT2D eigenvalue weighted by Gasteiger charge is -2.38. The van der Waals surface area contributed by atoms with Crippen LogP contribution >= 0.6 is 12.2 Å². The molecular formula is C15H25F2N5S.